The number of fused-ring (bicyclic) bond motifs is 1. The van der Waals surface area contributed by atoms with Gasteiger partial charge in [0.05, 0.1) is 6.42 Å². The summed E-state index contributed by atoms with van der Waals surface area (Å²) in [5, 5.41) is 6.01. The van der Waals surface area contributed by atoms with Gasteiger partial charge in [-0.05, 0) is 24.8 Å². The van der Waals surface area contributed by atoms with Gasteiger partial charge in [0, 0.05) is 24.1 Å². The molecule has 21 heavy (non-hydrogen) atoms. The number of benzene rings is 1. The van der Waals surface area contributed by atoms with Crippen LogP contribution in [-0.4, -0.2) is 18.4 Å². The van der Waals surface area contributed by atoms with Crippen LogP contribution in [0.3, 0.4) is 0 Å². The first-order valence-electron chi connectivity index (χ1n) is 7.49. The summed E-state index contributed by atoms with van der Waals surface area (Å²) >= 11 is 0. The Kier molecular flexibility index (Phi) is 3.78. The molecule has 1 unspecified atom stereocenters. The number of hydrogen-bond acceptors (Lipinski definition) is 2. The highest BCUT2D eigenvalue weighted by molar-refractivity contribution is 5.80. The molecule has 4 heteroatoms. The molecular weight excluding hydrogens is 264 g/mol. The van der Waals surface area contributed by atoms with Gasteiger partial charge in [-0.15, -0.1) is 0 Å². The standard InChI is InChI=1S/C17H20N2O2/c20-15-8-10-17(9-4-7-14(17)19-15)12-18-16(21)11-13-5-2-1-3-6-13/h1-3,5-7H,4,8-12H2,(H,18,21)(H,19,20). The Bertz CT molecular complexity index is 580. The van der Waals surface area contributed by atoms with Crippen LogP contribution in [0.5, 0.6) is 0 Å². The summed E-state index contributed by atoms with van der Waals surface area (Å²) in [5.41, 5.74) is 1.98. The molecule has 3 rings (SSSR count). The summed E-state index contributed by atoms with van der Waals surface area (Å²) in [4.78, 5) is 23.6. The molecule has 1 saturated heterocycles. The predicted molar refractivity (Wildman–Crippen MR) is 80.3 cm³/mol. The maximum absolute atomic E-state index is 12.1. The molecule has 0 saturated carbocycles. The highest BCUT2D eigenvalue weighted by Gasteiger charge is 2.41. The molecule has 110 valence electrons. The van der Waals surface area contributed by atoms with Gasteiger partial charge in [0.1, 0.15) is 0 Å². The van der Waals surface area contributed by atoms with Gasteiger partial charge in [0.2, 0.25) is 11.8 Å². The maximum atomic E-state index is 12.1. The van der Waals surface area contributed by atoms with Crippen LogP contribution in [0.2, 0.25) is 0 Å². The van der Waals surface area contributed by atoms with Crippen molar-refractivity contribution < 1.29 is 9.59 Å². The lowest BCUT2D eigenvalue weighted by Crippen LogP contribution is -2.46. The predicted octanol–water partition coefficient (Wildman–Crippen LogP) is 1.92. The zero-order chi connectivity index (χ0) is 14.7. The highest BCUT2D eigenvalue weighted by Crippen LogP contribution is 2.43. The molecule has 2 amide bonds. The van der Waals surface area contributed by atoms with Crippen molar-refractivity contribution in [1.29, 1.82) is 0 Å². The van der Waals surface area contributed by atoms with Crippen LogP contribution in [0.1, 0.15) is 31.2 Å². The fraction of sp³-hybridized carbons (Fsp3) is 0.412. The van der Waals surface area contributed by atoms with E-state index in [-0.39, 0.29) is 17.2 Å². The zero-order valence-corrected chi connectivity index (χ0v) is 12.0. The quantitative estimate of drug-likeness (QED) is 0.887. The van der Waals surface area contributed by atoms with E-state index in [4.69, 9.17) is 0 Å². The monoisotopic (exact) mass is 284 g/mol. The van der Waals surface area contributed by atoms with Crippen LogP contribution in [0.25, 0.3) is 0 Å². The van der Waals surface area contributed by atoms with Crippen molar-refractivity contribution in [2.24, 2.45) is 5.41 Å². The van der Waals surface area contributed by atoms with Crippen molar-refractivity contribution in [3.05, 3.63) is 47.7 Å². The molecule has 4 nitrogen and oxygen atoms in total. The molecule has 1 atom stereocenters. The lowest BCUT2D eigenvalue weighted by Gasteiger charge is -2.36. The van der Waals surface area contributed by atoms with Crippen LogP contribution in [0.15, 0.2) is 42.1 Å². The van der Waals surface area contributed by atoms with Crippen molar-refractivity contribution >= 4 is 11.8 Å². The van der Waals surface area contributed by atoms with Gasteiger partial charge in [0.25, 0.3) is 0 Å². The first kappa shape index (κ1) is 13.9. The average Bonchev–Trinajstić information content (AvgIpc) is 2.90. The summed E-state index contributed by atoms with van der Waals surface area (Å²) in [5.74, 6) is 0.133. The summed E-state index contributed by atoms with van der Waals surface area (Å²) in [6.07, 6.45) is 5.86. The molecule has 2 N–H and O–H groups in total. The van der Waals surface area contributed by atoms with Crippen LogP contribution in [-0.2, 0) is 16.0 Å². The zero-order valence-electron chi connectivity index (χ0n) is 12.0. The average molecular weight is 284 g/mol. The topological polar surface area (TPSA) is 58.2 Å². The Balaban J connectivity index is 1.58. The third-order valence-electron chi connectivity index (χ3n) is 4.48. The Morgan fingerprint density at radius 3 is 2.86 bits per heavy atom. The number of hydrogen-bond donors (Lipinski definition) is 2. The van der Waals surface area contributed by atoms with Gasteiger partial charge in [-0.1, -0.05) is 36.4 Å². The fourth-order valence-corrected chi connectivity index (χ4v) is 3.24. The van der Waals surface area contributed by atoms with Crippen molar-refractivity contribution in [1.82, 2.24) is 10.6 Å². The normalized spacial score (nSPS) is 24.0. The van der Waals surface area contributed by atoms with E-state index < -0.39 is 0 Å². The molecule has 1 heterocycles. The van der Waals surface area contributed by atoms with E-state index in [1.807, 2.05) is 30.3 Å². The maximum Gasteiger partial charge on any atom is 0.224 e. The third kappa shape index (κ3) is 2.99. The molecule has 0 bridgehead atoms. The number of allylic oxidation sites excluding steroid dienone is 1. The van der Waals surface area contributed by atoms with E-state index in [1.54, 1.807) is 0 Å². The molecule has 1 fully saturated rings. The Morgan fingerprint density at radius 1 is 1.24 bits per heavy atom. The number of carbonyl (C=O) groups is 2. The van der Waals surface area contributed by atoms with Gasteiger partial charge in [-0.25, -0.2) is 0 Å². The molecule has 1 aromatic carbocycles. The summed E-state index contributed by atoms with van der Waals surface area (Å²) < 4.78 is 0. The van der Waals surface area contributed by atoms with E-state index in [0.717, 1.165) is 30.5 Å². The van der Waals surface area contributed by atoms with Crippen molar-refractivity contribution in [3.63, 3.8) is 0 Å². The molecule has 2 aliphatic rings. The van der Waals surface area contributed by atoms with Crippen molar-refractivity contribution in [2.45, 2.75) is 32.1 Å². The Morgan fingerprint density at radius 2 is 2.05 bits per heavy atom. The highest BCUT2D eigenvalue weighted by atomic mass is 16.2. The van der Waals surface area contributed by atoms with Crippen molar-refractivity contribution in [3.8, 4) is 0 Å². The Hall–Kier alpha value is -2.10. The number of piperidine rings is 1. The molecule has 1 aliphatic carbocycles. The van der Waals surface area contributed by atoms with E-state index >= 15 is 0 Å². The van der Waals surface area contributed by atoms with Crippen LogP contribution < -0.4 is 10.6 Å². The lowest BCUT2D eigenvalue weighted by atomic mass is 9.77. The number of amides is 2. The summed E-state index contributed by atoms with van der Waals surface area (Å²) in [6.45, 7) is 0.616. The summed E-state index contributed by atoms with van der Waals surface area (Å²) in [7, 11) is 0. The van der Waals surface area contributed by atoms with Crippen molar-refractivity contribution in [2.75, 3.05) is 6.54 Å². The van der Waals surface area contributed by atoms with Gasteiger partial charge < -0.3 is 10.6 Å². The molecular formula is C17H20N2O2. The van der Waals surface area contributed by atoms with Crippen LogP contribution >= 0.6 is 0 Å². The lowest BCUT2D eigenvalue weighted by molar-refractivity contribution is -0.122. The van der Waals surface area contributed by atoms with Gasteiger partial charge >= 0.3 is 0 Å². The van der Waals surface area contributed by atoms with E-state index in [1.165, 1.54) is 0 Å². The molecule has 1 aliphatic heterocycles. The molecule has 0 aromatic heterocycles. The number of rotatable bonds is 4. The SMILES string of the molecule is O=C(Cc1ccccc1)NCC12CCC=C1NC(=O)CC2. The molecule has 0 radical (unpaired) electrons. The van der Waals surface area contributed by atoms with Gasteiger partial charge in [0.15, 0.2) is 0 Å². The minimum Gasteiger partial charge on any atom is -0.355 e. The molecule has 0 spiro atoms. The molecule has 1 aromatic rings. The largest absolute Gasteiger partial charge is 0.355 e. The first-order valence-corrected chi connectivity index (χ1v) is 7.49. The minimum absolute atomic E-state index is 0.0405. The second-order valence-electron chi connectivity index (χ2n) is 5.92. The van der Waals surface area contributed by atoms with Gasteiger partial charge in [-0.3, -0.25) is 9.59 Å². The van der Waals surface area contributed by atoms with E-state index in [9.17, 15) is 9.59 Å². The van der Waals surface area contributed by atoms with E-state index in [0.29, 0.717) is 19.4 Å². The van der Waals surface area contributed by atoms with Gasteiger partial charge in [-0.2, -0.15) is 0 Å². The number of nitrogens with one attached hydrogen (secondary N) is 2. The third-order valence-corrected chi connectivity index (χ3v) is 4.48. The second kappa shape index (κ2) is 5.72. The van der Waals surface area contributed by atoms with Crippen LogP contribution in [0, 0.1) is 5.41 Å². The summed E-state index contributed by atoms with van der Waals surface area (Å²) in [6, 6.07) is 9.74. The second-order valence-corrected chi connectivity index (χ2v) is 5.92. The smallest absolute Gasteiger partial charge is 0.224 e. The first-order chi connectivity index (χ1) is 10.2. The van der Waals surface area contributed by atoms with E-state index in [2.05, 4.69) is 16.7 Å². The minimum atomic E-state index is -0.0553. The van der Waals surface area contributed by atoms with Crippen LogP contribution in [0.4, 0.5) is 0 Å². The Labute approximate surface area is 124 Å². The number of carbonyl (C=O) groups excluding carboxylic acids is 2. The fourth-order valence-electron chi connectivity index (χ4n) is 3.24.